The average Bonchev–Trinajstić information content (AvgIpc) is 2.84. The summed E-state index contributed by atoms with van der Waals surface area (Å²) < 4.78 is 0. The van der Waals surface area contributed by atoms with E-state index in [9.17, 15) is 5.11 Å². The number of para-hydroxylation sites is 1. The molecule has 1 unspecified atom stereocenters. The zero-order chi connectivity index (χ0) is 22.0. The molecule has 0 aromatic heterocycles. The fourth-order valence-electron chi connectivity index (χ4n) is 5.00. The van der Waals surface area contributed by atoms with E-state index in [0.29, 0.717) is 5.75 Å². The van der Waals surface area contributed by atoms with E-state index in [1.165, 1.54) is 47.1 Å². The maximum absolute atomic E-state index is 10.8. The summed E-state index contributed by atoms with van der Waals surface area (Å²) in [7, 11) is -1.55. The van der Waals surface area contributed by atoms with E-state index in [1.54, 1.807) is 0 Å². The Labute approximate surface area is 201 Å². The van der Waals surface area contributed by atoms with Gasteiger partial charge in [-0.05, 0) is 62.8 Å². The number of hydrogen-bond acceptors (Lipinski definition) is 2. The molecular formula is C23H35Br2NOSiZr. The predicted octanol–water partition coefficient (Wildman–Crippen LogP) is 8.29. The van der Waals surface area contributed by atoms with Crippen LogP contribution in [0, 0.1) is 0 Å². The number of phenols is 1. The summed E-state index contributed by atoms with van der Waals surface area (Å²) in [5.41, 5.74) is 8.16. The van der Waals surface area contributed by atoms with E-state index in [2.05, 4.69) is 82.7 Å². The molecule has 1 aromatic carbocycles. The molecule has 6 heteroatoms. The molecule has 1 aromatic rings. The average molecular weight is 621 g/mol. The predicted molar refractivity (Wildman–Crippen MR) is 135 cm³/mol. The maximum atomic E-state index is 10.8. The molecule has 0 saturated carbocycles. The molecule has 0 radical (unpaired) electrons. The van der Waals surface area contributed by atoms with Gasteiger partial charge in [-0.1, -0.05) is 44.3 Å². The number of halogens is 2. The number of anilines is 1. The molecule has 160 valence electrons. The van der Waals surface area contributed by atoms with Crippen LogP contribution in [0.15, 0.2) is 34.9 Å². The first-order valence-electron chi connectivity index (χ1n) is 10.5. The Morgan fingerprint density at radius 2 is 1.55 bits per heavy atom. The van der Waals surface area contributed by atoms with Crippen LogP contribution >= 0.6 is 24.4 Å². The summed E-state index contributed by atoms with van der Waals surface area (Å²) in [6.07, 6.45) is 3.73. The molecule has 2 nitrogen and oxygen atoms in total. The van der Waals surface area contributed by atoms with Gasteiger partial charge in [-0.3, -0.25) is 0 Å². The molecule has 1 heterocycles. The summed E-state index contributed by atoms with van der Waals surface area (Å²) in [5, 5.41) is 10.9. The van der Waals surface area contributed by atoms with Crippen LogP contribution in [0.3, 0.4) is 0 Å². The van der Waals surface area contributed by atoms with Gasteiger partial charge in [0.15, 0.2) is 0 Å². The van der Waals surface area contributed by atoms with E-state index < -0.39 is 8.07 Å². The standard InChI is InChI=1S/C23H35NOSi.2BrH.Zr/c1-16-17(2)21(23(4,18(16)3)26(5,6)7)19-12-11-13-20(25)22(19)24-14-9-8-10-15-24;;;/h11-13,25H,8-10,14-15H2,1-7H3;2*1H;/q;;;+2/p-2. The second-order valence-electron chi connectivity index (χ2n) is 9.42. The van der Waals surface area contributed by atoms with E-state index in [1.807, 2.05) is 12.1 Å². The van der Waals surface area contributed by atoms with Crippen molar-refractivity contribution in [2.24, 2.45) is 0 Å². The Balaban J connectivity index is 0.000000941. The number of aromatic hydroxyl groups is 1. The van der Waals surface area contributed by atoms with Crippen molar-refractivity contribution in [3.05, 3.63) is 40.5 Å². The van der Waals surface area contributed by atoms with E-state index >= 15 is 0 Å². The molecule has 1 atom stereocenters. The third-order valence-corrected chi connectivity index (χ3v) is 10.8. The minimum atomic E-state index is -1.55. The SMILES string of the molecule is CC1=C(C)C(C)([Si](C)(C)C)C(c2cccc(O)c2N2CCCCC2)=C1C.[Br][Zr][Br]. The first kappa shape index (κ1) is 25.6. The number of benzene rings is 1. The zero-order valence-electron chi connectivity index (χ0n) is 18.9. The van der Waals surface area contributed by atoms with Crippen LogP contribution in [0.4, 0.5) is 5.69 Å². The van der Waals surface area contributed by atoms with Crippen LogP contribution in [0.5, 0.6) is 5.75 Å². The number of rotatable bonds is 3. The third-order valence-electron chi connectivity index (χ3n) is 7.21. The monoisotopic (exact) mass is 617 g/mol. The minimum absolute atomic E-state index is 0.0967. The van der Waals surface area contributed by atoms with Crippen LogP contribution in [-0.2, 0) is 18.5 Å². The molecule has 1 fully saturated rings. The number of nitrogens with zero attached hydrogens (tertiary/aromatic N) is 1. The second kappa shape index (κ2) is 10.3. The fraction of sp³-hybridized carbons (Fsp3) is 0.565. The zero-order valence-corrected chi connectivity index (χ0v) is 25.5. The topological polar surface area (TPSA) is 23.5 Å². The summed E-state index contributed by atoms with van der Waals surface area (Å²) in [4.78, 5) is 2.42. The molecule has 3 rings (SSSR count). The Hall–Kier alpha value is 0.360. The van der Waals surface area contributed by atoms with Gasteiger partial charge in [0, 0.05) is 23.7 Å². The van der Waals surface area contributed by atoms with Crippen molar-refractivity contribution in [1.82, 2.24) is 0 Å². The molecule has 1 aliphatic carbocycles. The Kier molecular flexibility index (Phi) is 9.12. The van der Waals surface area contributed by atoms with Crippen LogP contribution in [-0.4, -0.2) is 26.3 Å². The number of phenolic OH excluding ortho intramolecular Hbond substituents is 1. The molecule has 0 amide bonds. The van der Waals surface area contributed by atoms with Crippen molar-refractivity contribution in [1.29, 1.82) is 0 Å². The Bertz CT molecular complexity index is 810. The van der Waals surface area contributed by atoms with Gasteiger partial charge in [-0.15, -0.1) is 0 Å². The number of hydrogen-bond donors (Lipinski definition) is 1. The quantitative estimate of drug-likeness (QED) is 0.344. The van der Waals surface area contributed by atoms with Crippen LogP contribution in [0.2, 0.25) is 24.7 Å². The van der Waals surface area contributed by atoms with Gasteiger partial charge in [0.05, 0.1) is 13.8 Å². The van der Waals surface area contributed by atoms with Gasteiger partial charge < -0.3 is 10.0 Å². The van der Waals surface area contributed by atoms with Crippen molar-refractivity contribution in [2.45, 2.75) is 71.6 Å². The first-order valence-corrected chi connectivity index (χ1v) is 25.2. The Morgan fingerprint density at radius 3 is 2.07 bits per heavy atom. The summed E-state index contributed by atoms with van der Waals surface area (Å²) >= 11 is 6.32. The fourth-order valence-corrected chi connectivity index (χ4v) is 7.38. The van der Waals surface area contributed by atoms with Gasteiger partial charge in [0.2, 0.25) is 0 Å². The molecule has 1 saturated heterocycles. The van der Waals surface area contributed by atoms with Crippen LogP contribution in [0.25, 0.3) is 5.57 Å². The van der Waals surface area contributed by atoms with Gasteiger partial charge in [-0.25, -0.2) is 0 Å². The second-order valence-corrected chi connectivity index (χ2v) is 26.3. The summed E-state index contributed by atoms with van der Waals surface area (Å²) in [5.74, 6) is 0.435. The van der Waals surface area contributed by atoms with E-state index in [0.717, 1.165) is 18.8 Å². The summed E-state index contributed by atoms with van der Waals surface area (Å²) in [6.45, 7) is 18.9. The van der Waals surface area contributed by atoms with Crippen molar-refractivity contribution >= 4 is 43.8 Å². The number of piperidine rings is 1. The van der Waals surface area contributed by atoms with E-state index in [-0.39, 0.29) is 23.6 Å². The molecular weight excluding hydrogens is 585 g/mol. The summed E-state index contributed by atoms with van der Waals surface area (Å²) in [6, 6.07) is 6.12. The van der Waals surface area contributed by atoms with Crippen molar-refractivity contribution < 1.29 is 23.6 Å². The van der Waals surface area contributed by atoms with Crippen molar-refractivity contribution in [2.75, 3.05) is 18.0 Å². The van der Waals surface area contributed by atoms with Gasteiger partial charge >= 0.3 is 43.0 Å². The normalized spacial score (nSPS) is 22.6. The molecule has 29 heavy (non-hydrogen) atoms. The van der Waals surface area contributed by atoms with Gasteiger partial charge in [0.25, 0.3) is 0 Å². The Morgan fingerprint density at radius 1 is 1.00 bits per heavy atom. The van der Waals surface area contributed by atoms with E-state index in [4.69, 9.17) is 0 Å². The molecule has 1 aliphatic heterocycles. The van der Waals surface area contributed by atoms with Crippen molar-refractivity contribution in [3.8, 4) is 5.75 Å². The number of allylic oxidation sites excluding steroid dienone is 4. The van der Waals surface area contributed by atoms with Crippen molar-refractivity contribution in [3.63, 3.8) is 0 Å². The first-order chi connectivity index (χ1) is 13.5. The van der Waals surface area contributed by atoms with Crippen LogP contribution < -0.4 is 4.90 Å². The molecule has 0 spiro atoms. The molecule has 0 bridgehead atoms. The third kappa shape index (κ3) is 4.91. The van der Waals surface area contributed by atoms with Crippen LogP contribution in [0.1, 0.15) is 52.5 Å². The molecule has 2 aliphatic rings. The molecule has 1 N–H and O–H groups in total. The van der Waals surface area contributed by atoms with Gasteiger partial charge in [0.1, 0.15) is 5.75 Å². The van der Waals surface area contributed by atoms with Gasteiger partial charge in [-0.2, -0.15) is 0 Å².